The Bertz CT molecular complexity index is 474. The number of rotatable bonds is 5. The summed E-state index contributed by atoms with van der Waals surface area (Å²) in [4.78, 5) is 25.3. The Morgan fingerprint density at radius 2 is 1.86 bits per heavy atom. The fraction of sp³-hybridized carbons (Fsp3) is 0.529. The molecule has 1 rings (SSSR count). The molecule has 21 heavy (non-hydrogen) atoms. The maximum Gasteiger partial charge on any atom is 0.415 e. The molecule has 0 bridgehead atoms. The van der Waals surface area contributed by atoms with Crippen molar-refractivity contribution in [2.45, 2.75) is 59.1 Å². The van der Waals surface area contributed by atoms with E-state index in [-0.39, 0.29) is 0 Å². The molecule has 0 N–H and O–H groups in total. The third kappa shape index (κ3) is 5.21. The minimum atomic E-state index is -0.598. The van der Waals surface area contributed by atoms with Gasteiger partial charge in [0, 0.05) is 5.69 Å². The summed E-state index contributed by atoms with van der Waals surface area (Å²) >= 11 is 0. The smallest absolute Gasteiger partial charge is 0.415 e. The minimum absolute atomic E-state index is 0.489. The standard InChI is InChI=1S/C17H25NO3/c1-6-7-15(12-19)18(16(20)21-17(3,4)5)14-10-8-13(2)9-11-14/h8-12,15H,6-7H2,1-5H3. The Labute approximate surface area is 127 Å². The van der Waals surface area contributed by atoms with Crippen molar-refractivity contribution in [2.24, 2.45) is 0 Å². The van der Waals surface area contributed by atoms with Crippen molar-refractivity contribution in [3.63, 3.8) is 0 Å². The molecule has 0 aliphatic heterocycles. The van der Waals surface area contributed by atoms with E-state index in [9.17, 15) is 9.59 Å². The largest absolute Gasteiger partial charge is 0.443 e. The molecular formula is C17H25NO3. The number of nitrogens with zero attached hydrogens (tertiary/aromatic N) is 1. The Morgan fingerprint density at radius 1 is 1.29 bits per heavy atom. The number of aryl methyl sites for hydroxylation is 1. The summed E-state index contributed by atoms with van der Waals surface area (Å²) < 4.78 is 5.44. The van der Waals surface area contributed by atoms with Gasteiger partial charge in [0.1, 0.15) is 11.9 Å². The van der Waals surface area contributed by atoms with Crippen LogP contribution in [0.25, 0.3) is 0 Å². The highest BCUT2D eigenvalue weighted by Crippen LogP contribution is 2.22. The molecule has 1 amide bonds. The molecule has 1 aromatic carbocycles. The van der Waals surface area contributed by atoms with Crippen molar-refractivity contribution in [2.75, 3.05) is 4.90 Å². The van der Waals surface area contributed by atoms with Gasteiger partial charge < -0.3 is 9.53 Å². The van der Waals surface area contributed by atoms with Crippen molar-refractivity contribution in [3.8, 4) is 0 Å². The Morgan fingerprint density at radius 3 is 2.29 bits per heavy atom. The van der Waals surface area contributed by atoms with Gasteiger partial charge in [-0.3, -0.25) is 4.90 Å². The van der Waals surface area contributed by atoms with Crippen LogP contribution >= 0.6 is 0 Å². The quantitative estimate of drug-likeness (QED) is 0.767. The van der Waals surface area contributed by atoms with E-state index < -0.39 is 17.7 Å². The van der Waals surface area contributed by atoms with Crippen LogP contribution in [0, 0.1) is 6.92 Å². The van der Waals surface area contributed by atoms with Crippen LogP contribution in [0.4, 0.5) is 10.5 Å². The van der Waals surface area contributed by atoms with E-state index in [2.05, 4.69) is 0 Å². The van der Waals surface area contributed by atoms with Crippen LogP contribution in [-0.4, -0.2) is 24.0 Å². The number of hydrogen-bond acceptors (Lipinski definition) is 3. The summed E-state index contributed by atoms with van der Waals surface area (Å²) in [6.07, 6.45) is 1.75. The molecule has 0 aromatic heterocycles. The van der Waals surface area contributed by atoms with Gasteiger partial charge in [-0.1, -0.05) is 31.0 Å². The van der Waals surface area contributed by atoms with Crippen molar-refractivity contribution in [1.29, 1.82) is 0 Å². The average Bonchev–Trinajstić information content (AvgIpc) is 2.38. The predicted molar refractivity (Wildman–Crippen MR) is 84.7 cm³/mol. The highest BCUT2D eigenvalue weighted by Gasteiger charge is 2.29. The SMILES string of the molecule is CCCC(C=O)N(C(=O)OC(C)(C)C)c1ccc(C)cc1. The van der Waals surface area contributed by atoms with E-state index in [0.717, 1.165) is 18.3 Å². The van der Waals surface area contributed by atoms with Gasteiger partial charge in [0.05, 0.1) is 6.04 Å². The van der Waals surface area contributed by atoms with Gasteiger partial charge in [-0.15, -0.1) is 0 Å². The van der Waals surface area contributed by atoms with Gasteiger partial charge in [0.15, 0.2) is 0 Å². The zero-order valence-electron chi connectivity index (χ0n) is 13.6. The Hall–Kier alpha value is -1.84. The van der Waals surface area contributed by atoms with Crippen molar-refractivity contribution >= 4 is 18.1 Å². The number of amides is 1. The van der Waals surface area contributed by atoms with Gasteiger partial charge in [-0.25, -0.2) is 4.79 Å². The number of benzene rings is 1. The second-order valence-corrected chi connectivity index (χ2v) is 6.18. The second-order valence-electron chi connectivity index (χ2n) is 6.18. The molecule has 0 heterocycles. The van der Waals surface area contributed by atoms with Gasteiger partial charge in [0.2, 0.25) is 0 Å². The average molecular weight is 291 g/mol. The third-order valence-corrected chi connectivity index (χ3v) is 2.98. The van der Waals surface area contributed by atoms with E-state index in [0.29, 0.717) is 12.1 Å². The Kier molecular flexibility index (Phi) is 5.94. The van der Waals surface area contributed by atoms with Crippen LogP contribution in [0.3, 0.4) is 0 Å². The van der Waals surface area contributed by atoms with E-state index in [1.165, 1.54) is 4.90 Å². The first-order valence-electron chi connectivity index (χ1n) is 7.32. The maximum absolute atomic E-state index is 12.5. The first kappa shape index (κ1) is 17.2. The molecule has 1 unspecified atom stereocenters. The first-order chi connectivity index (χ1) is 9.78. The molecule has 1 aromatic rings. The van der Waals surface area contributed by atoms with Gasteiger partial charge >= 0.3 is 6.09 Å². The van der Waals surface area contributed by atoms with Crippen LogP contribution in [0.5, 0.6) is 0 Å². The molecule has 4 heteroatoms. The summed E-state index contributed by atoms with van der Waals surface area (Å²) in [7, 11) is 0. The summed E-state index contributed by atoms with van der Waals surface area (Å²) in [6.45, 7) is 9.40. The molecule has 1 atom stereocenters. The summed E-state index contributed by atoms with van der Waals surface area (Å²) in [6, 6.07) is 7.00. The van der Waals surface area contributed by atoms with Crippen molar-refractivity contribution in [1.82, 2.24) is 0 Å². The van der Waals surface area contributed by atoms with E-state index in [1.54, 1.807) is 0 Å². The number of ether oxygens (including phenoxy) is 1. The van der Waals surface area contributed by atoms with Crippen molar-refractivity contribution in [3.05, 3.63) is 29.8 Å². The zero-order valence-corrected chi connectivity index (χ0v) is 13.6. The zero-order chi connectivity index (χ0) is 16.0. The molecule has 0 radical (unpaired) electrons. The number of anilines is 1. The minimum Gasteiger partial charge on any atom is -0.443 e. The van der Waals surface area contributed by atoms with Crippen LogP contribution in [-0.2, 0) is 9.53 Å². The lowest BCUT2D eigenvalue weighted by Gasteiger charge is -2.31. The number of carbonyl (C=O) groups excluding carboxylic acids is 2. The van der Waals surface area contributed by atoms with E-state index in [4.69, 9.17) is 4.74 Å². The highest BCUT2D eigenvalue weighted by atomic mass is 16.6. The topological polar surface area (TPSA) is 46.6 Å². The molecular weight excluding hydrogens is 266 g/mol. The molecule has 0 spiro atoms. The maximum atomic E-state index is 12.5. The summed E-state index contributed by atoms with van der Waals surface area (Å²) in [5.41, 5.74) is 1.18. The normalized spacial score (nSPS) is 12.6. The highest BCUT2D eigenvalue weighted by molar-refractivity contribution is 5.92. The molecule has 0 aliphatic rings. The van der Waals surface area contributed by atoms with Crippen molar-refractivity contribution < 1.29 is 14.3 Å². The second kappa shape index (κ2) is 7.25. The van der Waals surface area contributed by atoms with Crippen LogP contribution < -0.4 is 4.90 Å². The summed E-state index contributed by atoms with van der Waals surface area (Å²) in [5.74, 6) is 0. The third-order valence-electron chi connectivity index (χ3n) is 2.98. The monoisotopic (exact) mass is 291 g/mol. The van der Waals surface area contributed by atoms with Gasteiger partial charge in [0.25, 0.3) is 0 Å². The molecule has 0 saturated carbocycles. The molecule has 116 valence electrons. The predicted octanol–water partition coefficient (Wildman–Crippen LogP) is 4.10. The van der Waals surface area contributed by atoms with Crippen LogP contribution in [0.15, 0.2) is 24.3 Å². The van der Waals surface area contributed by atoms with Crippen LogP contribution in [0.1, 0.15) is 46.1 Å². The van der Waals surface area contributed by atoms with Gasteiger partial charge in [-0.2, -0.15) is 0 Å². The van der Waals surface area contributed by atoms with E-state index >= 15 is 0 Å². The lowest BCUT2D eigenvalue weighted by molar-refractivity contribution is -0.109. The summed E-state index contributed by atoms with van der Waals surface area (Å²) in [5, 5.41) is 0. The number of aldehydes is 1. The fourth-order valence-corrected chi connectivity index (χ4v) is 2.00. The fourth-order valence-electron chi connectivity index (χ4n) is 2.00. The number of carbonyl (C=O) groups is 2. The molecule has 0 aliphatic carbocycles. The van der Waals surface area contributed by atoms with Crippen LogP contribution in [0.2, 0.25) is 0 Å². The Balaban J connectivity index is 3.12. The first-order valence-corrected chi connectivity index (χ1v) is 7.32. The lowest BCUT2D eigenvalue weighted by Crippen LogP contribution is -2.44. The number of hydrogen-bond donors (Lipinski definition) is 0. The molecule has 4 nitrogen and oxygen atoms in total. The lowest BCUT2D eigenvalue weighted by atomic mass is 10.1. The molecule has 0 saturated heterocycles. The molecule has 0 fully saturated rings. The van der Waals surface area contributed by atoms with E-state index in [1.807, 2.05) is 58.9 Å². The van der Waals surface area contributed by atoms with Gasteiger partial charge in [-0.05, 0) is 46.2 Å².